The molecular weight excluding hydrogens is 420 g/mol. The van der Waals surface area contributed by atoms with Crippen molar-refractivity contribution >= 4 is 29.0 Å². The van der Waals surface area contributed by atoms with Crippen molar-refractivity contribution in [1.29, 1.82) is 0 Å². The zero-order chi connectivity index (χ0) is 21.8. The van der Waals surface area contributed by atoms with E-state index in [9.17, 15) is 4.79 Å². The average molecular weight is 445 g/mol. The summed E-state index contributed by atoms with van der Waals surface area (Å²) in [5.74, 6) is 0.0593. The molecule has 4 aromatic rings. The second-order valence-electron chi connectivity index (χ2n) is 7.70. The Hall–Kier alpha value is -2.89. The number of amides is 1. The summed E-state index contributed by atoms with van der Waals surface area (Å²) < 4.78 is 1.04. The van der Waals surface area contributed by atoms with Crippen LogP contribution in [0.3, 0.4) is 0 Å². The summed E-state index contributed by atoms with van der Waals surface area (Å²) in [6.07, 6.45) is 4.47. The Morgan fingerprint density at radius 1 is 1.03 bits per heavy atom. The molecular formula is C26H24N2OS2. The minimum Gasteiger partial charge on any atom is -0.365 e. The van der Waals surface area contributed by atoms with E-state index in [1.54, 1.807) is 11.8 Å². The quantitative estimate of drug-likeness (QED) is 0.342. The molecule has 4 rings (SSSR count). The molecule has 0 bridgehead atoms. The summed E-state index contributed by atoms with van der Waals surface area (Å²) in [6.45, 7) is 4.41. The van der Waals surface area contributed by atoms with E-state index in [2.05, 4.69) is 67.4 Å². The topological polar surface area (TPSA) is 56.0 Å². The zero-order valence-corrected chi connectivity index (χ0v) is 19.2. The molecule has 0 aliphatic rings. The van der Waals surface area contributed by atoms with Gasteiger partial charge >= 0.3 is 0 Å². The fourth-order valence-electron chi connectivity index (χ4n) is 3.61. The van der Waals surface area contributed by atoms with E-state index in [1.807, 2.05) is 30.6 Å². The molecule has 2 aromatic carbocycles. The smallest absolute Gasteiger partial charge is 0.259 e. The first-order valence-corrected chi connectivity index (χ1v) is 11.8. The van der Waals surface area contributed by atoms with Crippen LogP contribution in [0.1, 0.15) is 46.1 Å². The molecule has 2 aromatic heterocycles. The first-order valence-electron chi connectivity index (χ1n) is 10.2. The highest BCUT2D eigenvalue weighted by Crippen LogP contribution is 2.38. The molecule has 0 fully saturated rings. The lowest BCUT2D eigenvalue weighted by molar-refractivity contribution is 0.100. The normalized spacial score (nSPS) is 11.1. The number of hydrogen-bond donors (Lipinski definition) is 1. The number of hydrogen-bond acceptors (Lipinski definition) is 4. The Balaban J connectivity index is 1.62. The molecule has 1 amide bonds. The van der Waals surface area contributed by atoms with Gasteiger partial charge in [0.05, 0.1) is 9.09 Å². The van der Waals surface area contributed by atoms with Gasteiger partial charge in [0.15, 0.2) is 0 Å². The van der Waals surface area contributed by atoms with Crippen LogP contribution in [-0.2, 0) is 6.42 Å². The first kappa shape index (κ1) is 21.3. The fourth-order valence-corrected chi connectivity index (χ4v) is 5.81. The van der Waals surface area contributed by atoms with Gasteiger partial charge in [0.1, 0.15) is 0 Å². The van der Waals surface area contributed by atoms with Crippen LogP contribution in [0.15, 0.2) is 88.2 Å². The molecule has 0 atom stereocenters. The summed E-state index contributed by atoms with van der Waals surface area (Å²) in [7, 11) is 0. The number of rotatable bonds is 7. The highest BCUT2D eigenvalue weighted by atomic mass is 32.2. The molecule has 0 aliphatic heterocycles. The molecule has 3 nitrogen and oxygen atoms in total. The van der Waals surface area contributed by atoms with Crippen LogP contribution in [0.2, 0.25) is 0 Å². The summed E-state index contributed by atoms with van der Waals surface area (Å²) >= 11 is 3.07. The van der Waals surface area contributed by atoms with Gasteiger partial charge in [-0.2, -0.15) is 0 Å². The van der Waals surface area contributed by atoms with Crippen LogP contribution in [0.25, 0.3) is 11.1 Å². The van der Waals surface area contributed by atoms with E-state index in [-0.39, 0.29) is 5.91 Å². The second kappa shape index (κ2) is 9.50. The van der Waals surface area contributed by atoms with E-state index >= 15 is 0 Å². The summed E-state index contributed by atoms with van der Waals surface area (Å²) in [6, 6.07) is 22.8. The van der Waals surface area contributed by atoms with Crippen molar-refractivity contribution in [3.05, 3.63) is 101 Å². The van der Waals surface area contributed by atoms with Gasteiger partial charge in [0.2, 0.25) is 0 Å². The van der Waals surface area contributed by atoms with Crippen LogP contribution in [0, 0.1) is 0 Å². The molecule has 0 unspecified atom stereocenters. The number of carbonyl (C=O) groups is 1. The molecule has 0 radical (unpaired) electrons. The number of nitrogens with zero attached hydrogens (tertiary/aromatic N) is 1. The minimum atomic E-state index is -0.375. The second-order valence-corrected chi connectivity index (χ2v) is 10.1. The molecule has 0 aliphatic carbocycles. The van der Waals surface area contributed by atoms with Crippen molar-refractivity contribution in [2.75, 3.05) is 0 Å². The number of pyridine rings is 1. The largest absolute Gasteiger partial charge is 0.365 e. The van der Waals surface area contributed by atoms with Crippen molar-refractivity contribution in [2.24, 2.45) is 5.73 Å². The Kier molecular flexibility index (Phi) is 6.54. The Labute approximate surface area is 191 Å². The molecule has 2 heterocycles. The van der Waals surface area contributed by atoms with E-state index in [4.69, 9.17) is 5.73 Å². The number of thiophene rings is 1. The number of nitrogens with two attached hydrogens (primary N) is 1. The minimum absolute atomic E-state index is 0.375. The van der Waals surface area contributed by atoms with Crippen molar-refractivity contribution in [1.82, 2.24) is 4.98 Å². The zero-order valence-electron chi connectivity index (χ0n) is 17.5. The number of primary amides is 1. The Bertz CT molecular complexity index is 1200. The molecule has 0 spiro atoms. The molecule has 156 valence electrons. The highest BCUT2D eigenvalue weighted by Gasteiger charge is 2.16. The molecule has 2 N–H and O–H groups in total. The summed E-state index contributed by atoms with van der Waals surface area (Å²) in [5, 5.41) is 0. The van der Waals surface area contributed by atoms with Crippen molar-refractivity contribution in [2.45, 2.75) is 35.3 Å². The van der Waals surface area contributed by atoms with Gasteiger partial charge in [-0.3, -0.25) is 9.78 Å². The maximum Gasteiger partial charge on any atom is 0.259 e. The van der Waals surface area contributed by atoms with Gasteiger partial charge in [-0.15, -0.1) is 11.3 Å². The number of aromatic nitrogens is 1. The van der Waals surface area contributed by atoms with Crippen molar-refractivity contribution in [3.63, 3.8) is 0 Å². The Morgan fingerprint density at radius 3 is 2.52 bits per heavy atom. The monoisotopic (exact) mass is 444 g/mol. The molecule has 0 saturated heterocycles. The summed E-state index contributed by atoms with van der Waals surface area (Å²) in [5.41, 5.74) is 11.4. The SMILES string of the molecule is CC(C)c1ccccc1-c1cncc(Sc2cc(Cc3ccccc3)c(C(N)=O)s2)c1. The van der Waals surface area contributed by atoms with Gasteiger partial charge in [0.25, 0.3) is 5.91 Å². The number of benzene rings is 2. The van der Waals surface area contributed by atoms with Crippen molar-refractivity contribution < 1.29 is 4.79 Å². The Morgan fingerprint density at radius 2 is 1.77 bits per heavy atom. The van der Waals surface area contributed by atoms with Crippen LogP contribution in [0.4, 0.5) is 0 Å². The van der Waals surface area contributed by atoms with Gasteiger partial charge in [-0.05, 0) is 46.7 Å². The van der Waals surface area contributed by atoms with E-state index < -0.39 is 0 Å². The predicted molar refractivity (Wildman–Crippen MR) is 130 cm³/mol. The third-order valence-electron chi connectivity index (χ3n) is 5.07. The van der Waals surface area contributed by atoms with Crippen LogP contribution >= 0.6 is 23.1 Å². The average Bonchev–Trinajstić information content (AvgIpc) is 3.17. The third-order valence-corrected chi connectivity index (χ3v) is 7.34. The van der Waals surface area contributed by atoms with Gasteiger partial charge in [-0.25, -0.2) is 0 Å². The van der Waals surface area contributed by atoms with E-state index in [1.165, 1.54) is 22.5 Å². The van der Waals surface area contributed by atoms with Crippen molar-refractivity contribution in [3.8, 4) is 11.1 Å². The fraction of sp³-hybridized carbons (Fsp3) is 0.154. The predicted octanol–water partition coefficient (Wildman–Crippen LogP) is 6.77. The van der Waals surface area contributed by atoms with Crippen LogP contribution in [0.5, 0.6) is 0 Å². The maximum absolute atomic E-state index is 12.0. The van der Waals surface area contributed by atoms with E-state index in [0.717, 1.165) is 25.8 Å². The molecule has 31 heavy (non-hydrogen) atoms. The van der Waals surface area contributed by atoms with Crippen LogP contribution in [-0.4, -0.2) is 10.9 Å². The molecule has 0 saturated carbocycles. The lowest BCUT2D eigenvalue weighted by Crippen LogP contribution is -2.11. The third kappa shape index (κ3) is 5.06. The molecule has 5 heteroatoms. The van der Waals surface area contributed by atoms with Gasteiger partial charge in [0, 0.05) is 22.9 Å². The summed E-state index contributed by atoms with van der Waals surface area (Å²) in [4.78, 5) is 18.2. The number of carbonyl (C=O) groups excluding carboxylic acids is 1. The van der Waals surface area contributed by atoms with Crippen LogP contribution < -0.4 is 5.73 Å². The van der Waals surface area contributed by atoms with Gasteiger partial charge < -0.3 is 5.73 Å². The lowest BCUT2D eigenvalue weighted by Gasteiger charge is -2.13. The van der Waals surface area contributed by atoms with E-state index in [0.29, 0.717) is 17.2 Å². The first-order chi connectivity index (χ1) is 15.0. The standard InChI is InChI=1S/C26H24N2OS2/c1-17(2)22-10-6-7-11-23(22)20-13-21(16-28-15-20)30-24-14-19(25(31-24)26(27)29)12-18-8-4-3-5-9-18/h3-11,13-17H,12H2,1-2H3,(H2,27,29). The maximum atomic E-state index is 12.0. The lowest BCUT2D eigenvalue weighted by atomic mass is 9.93. The highest BCUT2D eigenvalue weighted by molar-refractivity contribution is 8.01. The van der Waals surface area contributed by atoms with Gasteiger partial charge in [-0.1, -0.05) is 80.2 Å².